The van der Waals surface area contributed by atoms with Crippen LogP contribution in [-0.4, -0.2) is 24.1 Å². The first-order valence-electron chi connectivity index (χ1n) is 5.09. The average Bonchev–Trinajstić information content (AvgIpc) is 2.30. The van der Waals surface area contributed by atoms with Gasteiger partial charge in [-0.15, -0.1) is 0 Å². The Hall–Kier alpha value is -0.430. The number of hydrogen-bond donors (Lipinski definition) is 1. The topological polar surface area (TPSA) is 38.7 Å². The highest BCUT2D eigenvalue weighted by atomic mass is 127. The monoisotopic (exact) mass is 332 g/mol. The molecule has 0 radical (unpaired) electrons. The molecule has 2 atom stereocenters. The Morgan fingerprint density at radius 2 is 2.19 bits per heavy atom. The van der Waals surface area contributed by atoms with Gasteiger partial charge in [0.25, 0.3) is 0 Å². The fourth-order valence-corrected chi connectivity index (χ4v) is 1.96. The molecular weight excluding hydrogens is 319 g/mol. The highest BCUT2D eigenvalue weighted by Gasteiger charge is 2.14. The van der Waals surface area contributed by atoms with Crippen molar-refractivity contribution in [1.29, 1.82) is 0 Å². The van der Waals surface area contributed by atoms with Gasteiger partial charge in [-0.3, -0.25) is 0 Å². The van der Waals surface area contributed by atoms with Crippen LogP contribution in [0.25, 0.3) is 0 Å². The van der Waals surface area contributed by atoms with Gasteiger partial charge in [-0.05, 0) is 40.3 Å². The van der Waals surface area contributed by atoms with Crippen molar-refractivity contribution in [3.63, 3.8) is 0 Å². The Morgan fingerprint density at radius 1 is 1.38 bits per heavy atom. The zero-order valence-electron chi connectivity index (χ0n) is 8.67. The third-order valence-corrected chi connectivity index (χ3v) is 3.33. The van der Waals surface area contributed by atoms with Crippen molar-refractivity contribution in [3.05, 3.63) is 45.6 Å². The second kappa shape index (κ2) is 5.77. The number of hydrogen-bond acceptors (Lipinski definition) is 3. The molecule has 16 heavy (non-hydrogen) atoms. The van der Waals surface area contributed by atoms with Gasteiger partial charge in [-0.1, -0.05) is 24.3 Å². The van der Waals surface area contributed by atoms with Gasteiger partial charge in [-0.2, -0.15) is 0 Å². The molecule has 2 rings (SSSR count). The van der Waals surface area contributed by atoms with Crippen molar-refractivity contribution < 1.29 is 14.6 Å². The number of aliphatic hydroxyl groups excluding tert-OH is 1. The standard InChI is InChI=1S/C12H13IO3/c13-11-4-2-1-3-9(11)7-15-12-6-5-10(14)8-16-12/h1-6,10,12,14H,7-8H2/t10-,12-/m1/s1. The molecular formula is C12H13IO3. The average molecular weight is 332 g/mol. The fraction of sp³-hybridized carbons (Fsp3) is 0.333. The molecule has 0 saturated carbocycles. The maximum atomic E-state index is 9.19. The van der Waals surface area contributed by atoms with Crippen LogP contribution in [0.1, 0.15) is 5.56 Å². The number of halogens is 1. The van der Waals surface area contributed by atoms with Crippen LogP contribution in [0.4, 0.5) is 0 Å². The van der Waals surface area contributed by atoms with Crippen molar-refractivity contribution in [1.82, 2.24) is 0 Å². The van der Waals surface area contributed by atoms with Gasteiger partial charge >= 0.3 is 0 Å². The summed E-state index contributed by atoms with van der Waals surface area (Å²) >= 11 is 2.28. The minimum absolute atomic E-state index is 0.299. The fourth-order valence-electron chi connectivity index (χ4n) is 1.41. The molecule has 0 aromatic heterocycles. The van der Waals surface area contributed by atoms with Crippen molar-refractivity contribution in [2.45, 2.75) is 19.0 Å². The van der Waals surface area contributed by atoms with Gasteiger partial charge in [0, 0.05) is 3.57 Å². The number of ether oxygens (including phenoxy) is 2. The predicted octanol–water partition coefficient (Wildman–Crippen LogP) is 2.08. The van der Waals surface area contributed by atoms with E-state index in [4.69, 9.17) is 9.47 Å². The maximum Gasteiger partial charge on any atom is 0.177 e. The lowest BCUT2D eigenvalue weighted by molar-refractivity contribution is -0.139. The second-order valence-corrected chi connectivity index (χ2v) is 4.72. The summed E-state index contributed by atoms with van der Waals surface area (Å²) in [6.45, 7) is 0.817. The van der Waals surface area contributed by atoms with E-state index in [0.29, 0.717) is 13.2 Å². The van der Waals surface area contributed by atoms with E-state index in [0.717, 1.165) is 5.56 Å². The Balaban J connectivity index is 1.88. The van der Waals surface area contributed by atoms with Crippen molar-refractivity contribution in [2.75, 3.05) is 6.61 Å². The van der Waals surface area contributed by atoms with E-state index < -0.39 is 6.10 Å². The molecule has 0 unspecified atom stereocenters. The van der Waals surface area contributed by atoms with E-state index in [2.05, 4.69) is 22.6 Å². The van der Waals surface area contributed by atoms with Crippen LogP contribution in [0.15, 0.2) is 36.4 Å². The SMILES string of the molecule is O[C@@H]1C=C[C@H](OCc2ccccc2I)OC1. The molecule has 86 valence electrons. The molecule has 0 bridgehead atoms. The minimum Gasteiger partial charge on any atom is -0.387 e. The molecule has 1 aliphatic rings. The highest BCUT2D eigenvalue weighted by molar-refractivity contribution is 14.1. The van der Waals surface area contributed by atoms with E-state index in [9.17, 15) is 5.11 Å². The Morgan fingerprint density at radius 3 is 2.88 bits per heavy atom. The lowest BCUT2D eigenvalue weighted by atomic mass is 10.2. The summed E-state index contributed by atoms with van der Waals surface area (Å²) in [6, 6.07) is 8.06. The molecule has 1 N–H and O–H groups in total. The van der Waals surface area contributed by atoms with Crippen molar-refractivity contribution in [3.8, 4) is 0 Å². The number of benzene rings is 1. The molecule has 0 amide bonds. The van der Waals surface area contributed by atoms with E-state index in [-0.39, 0.29) is 6.29 Å². The summed E-state index contributed by atoms with van der Waals surface area (Å²) in [6.07, 6.45) is 2.59. The molecule has 0 fully saturated rings. The summed E-state index contributed by atoms with van der Waals surface area (Å²) in [7, 11) is 0. The van der Waals surface area contributed by atoms with Crippen LogP contribution < -0.4 is 0 Å². The van der Waals surface area contributed by atoms with E-state index in [1.165, 1.54) is 3.57 Å². The van der Waals surface area contributed by atoms with Crippen molar-refractivity contribution >= 4 is 22.6 Å². The lowest BCUT2D eigenvalue weighted by Crippen LogP contribution is -2.26. The van der Waals surface area contributed by atoms with Gasteiger partial charge < -0.3 is 14.6 Å². The predicted molar refractivity (Wildman–Crippen MR) is 68.8 cm³/mol. The molecule has 1 aromatic rings. The van der Waals surface area contributed by atoms with E-state index >= 15 is 0 Å². The van der Waals surface area contributed by atoms with Gasteiger partial charge in [0.1, 0.15) is 0 Å². The number of rotatable bonds is 3. The third-order valence-electron chi connectivity index (χ3n) is 2.28. The second-order valence-electron chi connectivity index (χ2n) is 3.56. The van der Waals surface area contributed by atoms with E-state index in [1.54, 1.807) is 12.2 Å². The Labute approximate surface area is 108 Å². The lowest BCUT2D eigenvalue weighted by Gasteiger charge is -2.21. The first-order chi connectivity index (χ1) is 7.75. The molecule has 0 aliphatic carbocycles. The summed E-state index contributed by atoms with van der Waals surface area (Å²) in [4.78, 5) is 0. The van der Waals surface area contributed by atoms with Crippen LogP contribution in [-0.2, 0) is 16.1 Å². The largest absolute Gasteiger partial charge is 0.387 e. The molecule has 1 aromatic carbocycles. The van der Waals surface area contributed by atoms with Crippen LogP contribution in [0, 0.1) is 3.57 Å². The van der Waals surface area contributed by atoms with Gasteiger partial charge in [0.15, 0.2) is 6.29 Å². The molecule has 4 heteroatoms. The molecule has 0 spiro atoms. The van der Waals surface area contributed by atoms with Crippen molar-refractivity contribution in [2.24, 2.45) is 0 Å². The summed E-state index contributed by atoms with van der Waals surface area (Å²) in [5.41, 5.74) is 1.14. The zero-order valence-corrected chi connectivity index (χ0v) is 10.8. The molecule has 3 nitrogen and oxygen atoms in total. The quantitative estimate of drug-likeness (QED) is 0.680. The molecule has 0 saturated heterocycles. The van der Waals surface area contributed by atoms with Crippen LogP contribution in [0.3, 0.4) is 0 Å². The maximum absolute atomic E-state index is 9.19. The van der Waals surface area contributed by atoms with Crippen LogP contribution >= 0.6 is 22.6 Å². The Kier molecular flexibility index (Phi) is 4.34. The summed E-state index contributed by atoms with van der Waals surface area (Å²) in [5.74, 6) is 0. The van der Waals surface area contributed by atoms with Gasteiger partial charge in [0.2, 0.25) is 0 Å². The normalized spacial score (nSPS) is 24.6. The number of aliphatic hydroxyl groups is 1. The Bertz CT molecular complexity index is 378. The highest BCUT2D eigenvalue weighted by Crippen LogP contribution is 2.15. The van der Waals surface area contributed by atoms with Crippen LogP contribution in [0.5, 0.6) is 0 Å². The first kappa shape index (κ1) is 12.0. The zero-order chi connectivity index (χ0) is 11.4. The first-order valence-corrected chi connectivity index (χ1v) is 6.16. The smallest absolute Gasteiger partial charge is 0.177 e. The van der Waals surface area contributed by atoms with E-state index in [1.807, 2.05) is 24.3 Å². The molecule has 1 aliphatic heterocycles. The van der Waals surface area contributed by atoms with Crippen LogP contribution in [0.2, 0.25) is 0 Å². The third kappa shape index (κ3) is 3.28. The van der Waals surface area contributed by atoms with Gasteiger partial charge in [-0.25, -0.2) is 0 Å². The molecule has 1 heterocycles. The van der Waals surface area contributed by atoms with Gasteiger partial charge in [0.05, 0.1) is 19.3 Å². The summed E-state index contributed by atoms with van der Waals surface area (Å²) in [5, 5.41) is 9.19. The minimum atomic E-state index is -0.503. The summed E-state index contributed by atoms with van der Waals surface area (Å²) < 4.78 is 12.0.